The maximum absolute atomic E-state index is 6.01. The van der Waals surface area contributed by atoms with E-state index >= 15 is 0 Å². The van der Waals surface area contributed by atoms with E-state index < -0.39 is 0 Å². The fourth-order valence-corrected chi connectivity index (χ4v) is 2.83. The van der Waals surface area contributed by atoms with Gasteiger partial charge in [-0.2, -0.15) is 5.10 Å². The Kier molecular flexibility index (Phi) is 4.05. The number of hydrogen-bond acceptors (Lipinski definition) is 2. The molecule has 0 aliphatic heterocycles. The van der Waals surface area contributed by atoms with E-state index in [0.717, 1.165) is 12.1 Å². The van der Waals surface area contributed by atoms with Crippen molar-refractivity contribution < 1.29 is 0 Å². The summed E-state index contributed by atoms with van der Waals surface area (Å²) in [5, 5.41) is 4.71. The molecule has 2 rings (SSSR count). The lowest BCUT2D eigenvalue weighted by molar-refractivity contribution is 0.514. The molecule has 0 aliphatic carbocycles. The largest absolute Gasteiger partial charge is 0.328 e. The molecule has 1 atom stereocenters. The van der Waals surface area contributed by atoms with E-state index in [1.54, 1.807) is 0 Å². The van der Waals surface area contributed by atoms with E-state index in [-0.39, 0.29) is 6.04 Å². The first-order chi connectivity index (χ1) is 9.10. The number of aromatic nitrogens is 2. The minimum atomic E-state index is 0.125. The molecule has 0 radical (unpaired) electrons. The Labute approximate surface area is 115 Å². The van der Waals surface area contributed by atoms with Crippen molar-refractivity contribution in [2.75, 3.05) is 6.54 Å². The van der Waals surface area contributed by atoms with Crippen LogP contribution in [0.3, 0.4) is 0 Å². The Balaban J connectivity index is 2.52. The fourth-order valence-electron chi connectivity index (χ4n) is 2.83. The fraction of sp³-hybridized carbons (Fsp3) is 0.438. The molecule has 1 aromatic carbocycles. The molecule has 19 heavy (non-hydrogen) atoms. The second-order valence-electron chi connectivity index (χ2n) is 5.06. The van der Waals surface area contributed by atoms with Gasteiger partial charge in [0.2, 0.25) is 0 Å². The van der Waals surface area contributed by atoms with Crippen LogP contribution in [0.5, 0.6) is 0 Å². The third-order valence-electron chi connectivity index (χ3n) is 3.89. The molecule has 0 saturated carbocycles. The van der Waals surface area contributed by atoms with E-state index in [4.69, 9.17) is 10.8 Å². The number of nitrogens with two attached hydrogens (primary N) is 1. The average molecular weight is 257 g/mol. The van der Waals surface area contributed by atoms with E-state index in [0.29, 0.717) is 6.54 Å². The van der Waals surface area contributed by atoms with Gasteiger partial charge in [0.15, 0.2) is 0 Å². The van der Waals surface area contributed by atoms with Gasteiger partial charge in [0, 0.05) is 12.2 Å². The lowest BCUT2D eigenvalue weighted by Gasteiger charge is -2.20. The lowest BCUT2D eigenvalue weighted by Crippen LogP contribution is -2.23. The van der Waals surface area contributed by atoms with Crippen molar-refractivity contribution in [2.45, 2.75) is 40.2 Å². The van der Waals surface area contributed by atoms with Crippen LogP contribution in [0.15, 0.2) is 24.3 Å². The van der Waals surface area contributed by atoms with E-state index in [1.807, 2.05) is 0 Å². The van der Waals surface area contributed by atoms with E-state index in [2.05, 4.69) is 56.6 Å². The topological polar surface area (TPSA) is 43.8 Å². The molecule has 2 aromatic rings. The Morgan fingerprint density at radius 2 is 1.89 bits per heavy atom. The second-order valence-corrected chi connectivity index (χ2v) is 5.06. The van der Waals surface area contributed by atoms with E-state index in [9.17, 15) is 0 Å². The predicted octanol–water partition coefficient (Wildman–Crippen LogP) is 2.92. The Hall–Kier alpha value is -1.61. The summed E-state index contributed by atoms with van der Waals surface area (Å²) in [5.41, 5.74) is 12.2. The second kappa shape index (κ2) is 5.57. The van der Waals surface area contributed by atoms with Crippen LogP contribution in [0.25, 0.3) is 0 Å². The molecule has 2 N–H and O–H groups in total. The summed E-state index contributed by atoms with van der Waals surface area (Å²) in [4.78, 5) is 0. The van der Waals surface area contributed by atoms with Crippen LogP contribution in [-0.4, -0.2) is 16.3 Å². The summed E-state index contributed by atoms with van der Waals surface area (Å²) in [5.74, 6) is 0. The van der Waals surface area contributed by atoms with Crippen LogP contribution >= 0.6 is 0 Å². The van der Waals surface area contributed by atoms with Crippen LogP contribution in [0, 0.1) is 20.8 Å². The van der Waals surface area contributed by atoms with Crippen molar-refractivity contribution in [1.82, 2.24) is 9.78 Å². The van der Waals surface area contributed by atoms with Crippen LogP contribution in [0.1, 0.15) is 41.0 Å². The Morgan fingerprint density at radius 1 is 1.21 bits per heavy atom. The minimum Gasteiger partial charge on any atom is -0.328 e. The van der Waals surface area contributed by atoms with Gasteiger partial charge >= 0.3 is 0 Å². The highest BCUT2D eigenvalue weighted by Crippen LogP contribution is 2.24. The molecule has 3 heteroatoms. The molecule has 0 aliphatic rings. The molecular formula is C16H23N3. The highest BCUT2D eigenvalue weighted by atomic mass is 15.3. The molecule has 1 heterocycles. The van der Waals surface area contributed by atoms with Gasteiger partial charge in [-0.1, -0.05) is 31.2 Å². The summed E-state index contributed by atoms with van der Waals surface area (Å²) >= 11 is 0. The summed E-state index contributed by atoms with van der Waals surface area (Å²) in [6.45, 7) is 9.08. The van der Waals surface area contributed by atoms with Crippen molar-refractivity contribution in [3.05, 3.63) is 52.3 Å². The highest BCUT2D eigenvalue weighted by molar-refractivity contribution is 5.32. The molecule has 0 amide bonds. The van der Waals surface area contributed by atoms with Gasteiger partial charge < -0.3 is 5.73 Å². The van der Waals surface area contributed by atoms with Crippen molar-refractivity contribution in [1.29, 1.82) is 0 Å². The summed E-state index contributed by atoms with van der Waals surface area (Å²) in [7, 11) is 0. The molecule has 1 aromatic heterocycles. The van der Waals surface area contributed by atoms with Crippen molar-refractivity contribution in [2.24, 2.45) is 5.73 Å². The molecule has 0 bridgehead atoms. The molecule has 1 unspecified atom stereocenters. The third-order valence-corrected chi connectivity index (χ3v) is 3.89. The maximum Gasteiger partial charge on any atom is 0.0896 e. The highest BCUT2D eigenvalue weighted by Gasteiger charge is 2.19. The van der Waals surface area contributed by atoms with Gasteiger partial charge in [-0.15, -0.1) is 0 Å². The standard InChI is InChI=1S/C16H23N3/c1-5-14-12(3)18-19(13(14)4)16(10-17)15-9-7-6-8-11(15)2/h6-9,16H,5,10,17H2,1-4H3. The SMILES string of the molecule is CCc1c(C)nn(C(CN)c2ccccc2C)c1C. The Bertz CT molecular complexity index is 569. The first-order valence-corrected chi connectivity index (χ1v) is 6.90. The minimum absolute atomic E-state index is 0.125. The number of benzene rings is 1. The average Bonchev–Trinajstić information content (AvgIpc) is 2.68. The van der Waals surface area contributed by atoms with Crippen molar-refractivity contribution >= 4 is 0 Å². The van der Waals surface area contributed by atoms with Crippen LogP contribution in [0.4, 0.5) is 0 Å². The summed E-state index contributed by atoms with van der Waals surface area (Å²) < 4.78 is 2.09. The third kappa shape index (κ3) is 2.43. The van der Waals surface area contributed by atoms with Gasteiger partial charge in [-0.3, -0.25) is 4.68 Å². The van der Waals surface area contributed by atoms with Crippen LogP contribution < -0.4 is 5.73 Å². The summed E-state index contributed by atoms with van der Waals surface area (Å²) in [6.07, 6.45) is 1.02. The predicted molar refractivity (Wildman–Crippen MR) is 79.5 cm³/mol. The van der Waals surface area contributed by atoms with Gasteiger partial charge in [-0.25, -0.2) is 0 Å². The van der Waals surface area contributed by atoms with Gasteiger partial charge in [0.05, 0.1) is 11.7 Å². The normalized spacial score (nSPS) is 12.7. The molecule has 0 spiro atoms. The number of nitrogens with zero attached hydrogens (tertiary/aromatic N) is 2. The smallest absolute Gasteiger partial charge is 0.0896 e. The number of rotatable bonds is 4. The number of aryl methyl sites for hydroxylation is 2. The van der Waals surface area contributed by atoms with Crippen LogP contribution in [-0.2, 0) is 6.42 Å². The van der Waals surface area contributed by atoms with Crippen LogP contribution in [0.2, 0.25) is 0 Å². The van der Waals surface area contributed by atoms with Crippen molar-refractivity contribution in [3.8, 4) is 0 Å². The number of hydrogen-bond donors (Lipinski definition) is 1. The Morgan fingerprint density at radius 3 is 2.42 bits per heavy atom. The zero-order valence-electron chi connectivity index (χ0n) is 12.3. The maximum atomic E-state index is 6.01. The lowest BCUT2D eigenvalue weighted by atomic mass is 10.0. The summed E-state index contributed by atoms with van der Waals surface area (Å²) in [6, 6.07) is 8.53. The molecular weight excluding hydrogens is 234 g/mol. The molecule has 3 nitrogen and oxygen atoms in total. The first-order valence-electron chi connectivity index (χ1n) is 6.90. The van der Waals surface area contributed by atoms with Gasteiger partial charge in [0.25, 0.3) is 0 Å². The van der Waals surface area contributed by atoms with Gasteiger partial charge in [0.1, 0.15) is 0 Å². The van der Waals surface area contributed by atoms with Crippen molar-refractivity contribution in [3.63, 3.8) is 0 Å². The zero-order valence-corrected chi connectivity index (χ0v) is 12.3. The zero-order chi connectivity index (χ0) is 14.0. The molecule has 0 fully saturated rings. The monoisotopic (exact) mass is 257 g/mol. The quantitative estimate of drug-likeness (QED) is 0.915. The first kappa shape index (κ1) is 13.8. The van der Waals surface area contributed by atoms with Gasteiger partial charge in [-0.05, 0) is 43.9 Å². The molecule has 0 saturated heterocycles. The van der Waals surface area contributed by atoms with E-state index in [1.165, 1.54) is 22.4 Å². The molecule has 102 valence electrons.